The molecule has 0 fully saturated rings. The number of aliphatic imine (C=N–C) groups is 1. The molecule has 0 heterocycles. The summed E-state index contributed by atoms with van der Waals surface area (Å²) in [5.41, 5.74) is 5.16. The Labute approximate surface area is 129 Å². The Hall–Kier alpha value is -1.51. The molecular weight excluding hydrogens is 291 g/mol. The monoisotopic (exact) mass is 306 g/mol. The lowest BCUT2D eigenvalue weighted by Gasteiger charge is -2.08. The van der Waals surface area contributed by atoms with E-state index in [2.05, 4.69) is 43.2 Å². The standard InChI is InChI=1S/C16H16Cl2N2/c1-10-7-11(2)15(12(3)8-10)19-9-20-16-13(17)5-4-6-14(16)18/h4-9H,1-3H3,(H,19,20). The first-order valence-corrected chi connectivity index (χ1v) is 7.05. The van der Waals surface area contributed by atoms with E-state index in [-0.39, 0.29) is 0 Å². The van der Waals surface area contributed by atoms with Crippen LogP contribution in [0.25, 0.3) is 0 Å². The van der Waals surface area contributed by atoms with Gasteiger partial charge in [-0.15, -0.1) is 0 Å². The van der Waals surface area contributed by atoms with Gasteiger partial charge in [-0.25, -0.2) is 4.99 Å². The molecule has 4 heteroatoms. The third-order valence-electron chi connectivity index (χ3n) is 3.00. The van der Waals surface area contributed by atoms with Crippen molar-refractivity contribution in [1.29, 1.82) is 0 Å². The molecule has 1 N–H and O–H groups in total. The summed E-state index contributed by atoms with van der Waals surface area (Å²) < 4.78 is 0. The van der Waals surface area contributed by atoms with Crippen molar-refractivity contribution in [2.75, 3.05) is 5.32 Å². The second-order valence-electron chi connectivity index (χ2n) is 4.75. The van der Waals surface area contributed by atoms with Gasteiger partial charge in [0.2, 0.25) is 0 Å². The van der Waals surface area contributed by atoms with Crippen molar-refractivity contribution in [2.45, 2.75) is 20.8 Å². The maximum absolute atomic E-state index is 6.09. The van der Waals surface area contributed by atoms with E-state index in [4.69, 9.17) is 23.2 Å². The molecule has 0 amide bonds. The van der Waals surface area contributed by atoms with Crippen LogP contribution in [0.1, 0.15) is 16.7 Å². The molecular formula is C16H16Cl2N2. The topological polar surface area (TPSA) is 24.4 Å². The van der Waals surface area contributed by atoms with Gasteiger partial charge in [0.15, 0.2) is 0 Å². The number of hydrogen-bond donors (Lipinski definition) is 1. The van der Waals surface area contributed by atoms with Crippen LogP contribution in [0.2, 0.25) is 10.0 Å². The first-order valence-electron chi connectivity index (χ1n) is 6.30. The van der Waals surface area contributed by atoms with Crippen LogP contribution in [0.5, 0.6) is 0 Å². The molecule has 0 saturated heterocycles. The van der Waals surface area contributed by atoms with Crippen LogP contribution in [0.3, 0.4) is 0 Å². The minimum atomic E-state index is 0.571. The van der Waals surface area contributed by atoms with Crippen molar-refractivity contribution in [3.05, 3.63) is 57.1 Å². The second kappa shape index (κ2) is 6.29. The third kappa shape index (κ3) is 3.33. The van der Waals surface area contributed by atoms with Crippen molar-refractivity contribution in [3.8, 4) is 0 Å². The molecule has 0 spiro atoms. The van der Waals surface area contributed by atoms with E-state index in [9.17, 15) is 0 Å². The summed E-state index contributed by atoms with van der Waals surface area (Å²) in [7, 11) is 0. The highest BCUT2D eigenvalue weighted by Gasteiger charge is 2.04. The van der Waals surface area contributed by atoms with Crippen LogP contribution in [-0.4, -0.2) is 6.34 Å². The number of halogens is 2. The predicted molar refractivity (Wildman–Crippen MR) is 88.9 cm³/mol. The van der Waals surface area contributed by atoms with E-state index >= 15 is 0 Å². The number of nitrogens with zero attached hydrogens (tertiary/aromatic N) is 1. The lowest BCUT2D eigenvalue weighted by molar-refractivity contribution is 1.29. The van der Waals surface area contributed by atoms with Gasteiger partial charge in [0.1, 0.15) is 0 Å². The second-order valence-corrected chi connectivity index (χ2v) is 5.56. The van der Waals surface area contributed by atoms with Crippen LogP contribution in [0.15, 0.2) is 35.3 Å². The SMILES string of the molecule is Cc1cc(C)c(N=CNc2c(Cl)cccc2Cl)c(C)c1. The molecule has 0 aliphatic rings. The fourth-order valence-electron chi connectivity index (χ4n) is 2.17. The quantitative estimate of drug-likeness (QED) is 0.571. The van der Waals surface area contributed by atoms with E-state index in [1.165, 1.54) is 5.56 Å². The summed E-state index contributed by atoms with van der Waals surface area (Å²) in [6.45, 7) is 6.18. The molecule has 20 heavy (non-hydrogen) atoms. The van der Waals surface area contributed by atoms with E-state index in [1.54, 1.807) is 24.5 Å². The summed E-state index contributed by atoms with van der Waals surface area (Å²) in [5, 5.41) is 4.18. The summed E-state index contributed by atoms with van der Waals surface area (Å²) >= 11 is 12.2. The molecule has 2 rings (SSSR count). The molecule has 0 radical (unpaired) electrons. The number of rotatable bonds is 3. The largest absolute Gasteiger partial charge is 0.344 e. The van der Waals surface area contributed by atoms with Crippen molar-refractivity contribution in [2.24, 2.45) is 4.99 Å². The van der Waals surface area contributed by atoms with Gasteiger partial charge >= 0.3 is 0 Å². The first kappa shape index (κ1) is 14.9. The lowest BCUT2D eigenvalue weighted by Crippen LogP contribution is -1.96. The van der Waals surface area contributed by atoms with Crippen molar-refractivity contribution < 1.29 is 0 Å². The Morgan fingerprint density at radius 2 is 1.55 bits per heavy atom. The number of aryl methyl sites for hydroxylation is 3. The first-order chi connectivity index (χ1) is 9.49. The van der Waals surface area contributed by atoms with Crippen molar-refractivity contribution in [3.63, 3.8) is 0 Å². The number of para-hydroxylation sites is 1. The van der Waals surface area contributed by atoms with E-state index in [0.29, 0.717) is 15.7 Å². The Morgan fingerprint density at radius 1 is 1.00 bits per heavy atom. The molecule has 0 aromatic heterocycles. The summed E-state index contributed by atoms with van der Waals surface area (Å²) in [5.74, 6) is 0. The molecule has 0 aliphatic carbocycles. The number of nitrogens with one attached hydrogen (secondary N) is 1. The fraction of sp³-hybridized carbons (Fsp3) is 0.188. The maximum Gasteiger partial charge on any atom is 0.0931 e. The number of anilines is 1. The highest BCUT2D eigenvalue weighted by molar-refractivity contribution is 6.39. The van der Waals surface area contributed by atoms with Crippen LogP contribution >= 0.6 is 23.2 Å². The van der Waals surface area contributed by atoms with Gasteiger partial charge in [-0.1, -0.05) is 47.0 Å². The fourth-order valence-corrected chi connectivity index (χ4v) is 2.68. The molecule has 0 saturated carbocycles. The minimum Gasteiger partial charge on any atom is -0.344 e. The van der Waals surface area contributed by atoms with Crippen molar-refractivity contribution >= 4 is 40.9 Å². The Morgan fingerprint density at radius 3 is 2.10 bits per heavy atom. The van der Waals surface area contributed by atoms with Gasteiger partial charge in [0, 0.05) is 0 Å². The third-order valence-corrected chi connectivity index (χ3v) is 3.63. The summed E-state index contributed by atoms with van der Waals surface area (Å²) in [6.07, 6.45) is 1.62. The molecule has 0 aliphatic heterocycles. The van der Waals surface area contributed by atoms with Gasteiger partial charge in [-0.05, 0) is 44.0 Å². The Kier molecular flexibility index (Phi) is 4.69. The zero-order valence-corrected chi connectivity index (χ0v) is 13.2. The smallest absolute Gasteiger partial charge is 0.0931 e. The number of benzene rings is 2. The van der Waals surface area contributed by atoms with Gasteiger partial charge in [0.05, 0.1) is 27.8 Å². The molecule has 2 nitrogen and oxygen atoms in total. The zero-order chi connectivity index (χ0) is 14.7. The molecule has 2 aromatic rings. The average molecular weight is 307 g/mol. The average Bonchev–Trinajstić information content (AvgIpc) is 2.35. The molecule has 0 atom stereocenters. The normalized spacial score (nSPS) is 11.1. The number of hydrogen-bond acceptors (Lipinski definition) is 1. The Balaban J connectivity index is 2.23. The van der Waals surface area contributed by atoms with Gasteiger partial charge in [-0.2, -0.15) is 0 Å². The molecule has 0 unspecified atom stereocenters. The zero-order valence-electron chi connectivity index (χ0n) is 11.7. The molecule has 104 valence electrons. The Bertz CT molecular complexity index is 620. The van der Waals surface area contributed by atoms with Gasteiger partial charge in [0.25, 0.3) is 0 Å². The van der Waals surface area contributed by atoms with E-state index in [0.717, 1.165) is 16.8 Å². The van der Waals surface area contributed by atoms with Crippen LogP contribution in [0.4, 0.5) is 11.4 Å². The maximum atomic E-state index is 6.09. The predicted octanol–water partition coefficient (Wildman–Crippen LogP) is 5.69. The summed E-state index contributed by atoms with van der Waals surface area (Å²) in [4.78, 5) is 4.47. The molecule has 2 aromatic carbocycles. The molecule has 0 bridgehead atoms. The van der Waals surface area contributed by atoms with Gasteiger partial charge in [-0.3, -0.25) is 0 Å². The summed E-state index contributed by atoms with van der Waals surface area (Å²) in [6, 6.07) is 9.60. The van der Waals surface area contributed by atoms with Gasteiger partial charge < -0.3 is 5.32 Å². The van der Waals surface area contributed by atoms with E-state index in [1.807, 2.05) is 0 Å². The van der Waals surface area contributed by atoms with Crippen LogP contribution in [0, 0.1) is 20.8 Å². The highest BCUT2D eigenvalue weighted by atomic mass is 35.5. The minimum absolute atomic E-state index is 0.571. The van der Waals surface area contributed by atoms with Crippen LogP contribution in [-0.2, 0) is 0 Å². The highest BCUT2D eigenvalue weighted by Crippen LogP contribution is 2.29. The lowest BCUT2D eigenvalue weighted by atomic mass is 10.1. The van der Waals surface area contributed by atoms with Crippen molar-refractivity contribution in [1.82, 2.24) is 0 Å². The van der Waals surface area contributed by atoms with Crippen LogP contribution < -0.4 is 5.32 Å². The van der Waals surface area contributed by atoms with E-state index < -0.39 is 0 Å².